The highest BCUT2D eigenvalue weighted by Crippen LogP contribution is 2.46. The molecular weight excluding hydrogens is 332 g/mol. The van der Waals surface area contributed by atoms with Crippen molar-refractivity contribution in [3.05, 3.63) is 22.2 Å². The second-order valence-electron chi connectivity index (χ2n) is 5.90. The molecule has 0 saturated heterocycles. The van der Waals surface area contributed by atoms with Crippen LogP contribution in [-0.4, -0.2) is 19.3 Å². The number of hydrogen-bond acceptors (Lipinski definition) is 3. The van der Waals surface area contributed by atoms with Gasteiger partial charge >= 0.3 is 0 Å². The highest BCUT2D eigenvalue weighted by atomic mass is 79.9. The molecule has 2 atom stereocenters. The number of hydrogen-bond donors (Lipinski definition) is 1. The number of ether oxygens (including phenoxy) is 2. The third-order valence-electron chi connectivity index (χ3n) is 4.73. The first-order chi connectivity index (χ1) is 10.1. The molecule has 1 aromatic carbocycles. The Morgan fingerprint density at radius 1 is 1.24 bits per heavy atom. The van der Waals surface area contributed by atoms with Crippen molar-refractivity contribution in [2.45, 2.75) is 51.0 Å². The highest BCUT2D eigenvalue weighted by Gasteiger charge is 2.35. The molecule has 1 fully saturated rings. The van der Waals surface area contributed by atoms with Crippen LogP contribution >= 0.6 is 15.9 Å². The van der Waals surface area contributed by atoms with Crippen molar-refractivity contribution in [2.75, 3.05) is 14.2 Å². The molecule has 21 heavy (non-hydrogen) atoms. The Kier molecular flexibility index (Phi) is 5.55. The summed E-state index contributed by atoms with van der Waals surface area (Å²) in [6.45, 7) is 2.24. The Morgan fingerprint density at radius 3 is 2.62 bits per heavy atom. The molecule has 1 saturated carbocycles. The summed E-state index contributed by atoms with van der Waals surface area (Å²) in [6, 6.07) is 3.83. The average Bonchev–Trinajstić information content (AvgIpc) is 2.69. The van der Waals surface area contributed by atoms with Crippen molar-refractivity contribution in [1.82, 2.24) is 0 Å². The maximum Gasteiger partial charge on any atom is 0.142 e. The molecule has 1 N–H and O–H groups in total. The molecule has 0 amide bonds. The molecule has 1 aliphatic rings. The zero-order valence-corrected chi connectivity index (χ0v) is 14.7. The van der Waals surface area contributed by atoms with Crippen LogP contribution in [-0.2, 0) is 5.60 Å². The third kappa shape index (κ3) is 3.37. The average molecular weight is 357 g/mol. The number of halogens is 1. The van der Waals surface area contributed by atoms with Gasteiger partial charge in [0.25, 0.3) is 0 Å². The minimum absolute atomic E-state index is 0.687. The van der Waals surface area contributed by atoms with Crippen molar-refractivity contribution < 1.29 is 14.6 Å². The summed E-state index contributed by atoms with van der Waals surface area (Å²) in [5.74, 6) is 2.14. The maximum atomic E-state index is 11.2. The molecule has 1 aromatic rings. The first kappa shape index (κ1) is 16.6. The lowest BCUT2D eigenvalue weighted by Crippen LogP contribution is -2.25. The van der Waals surface area contributed by atoms with Gasteiger partial charge in [0.05, 0.1) is 19.8 Å². The third-order valence-corrected chi connectivity index (χ3v) is 5.48. The monoisotopic (exact) mass is 356 g/mol. The smallest absolute Gasteiger partial charge is 0.142 e. The summed E-state index contributed by atoms with van der Waals surface area (Å²) in [5, 5.41) is 11.2. The minimum Gasteiger partial charge on any atom is -0.495 e. The normalized spacial score (nSPS) is 26.2. The van der Waals surface area contributed by atoms with Gasteiger partial charge in [-0.1, -0.05) is 19.8 Å². The van der Waals surface area contributed by atoms with E-state index in [1.807, 2.05) is 12.1 Å². The molecular formula is C17H25BrO3. The van der Waals surface area contributed by atoms with Gasteiger partial charge in [0.2, 0.25) is 0 Å². The summed E-state index contributed by atoms with van der Waals surface area (Å²) in [7, 11) is 3.27. The number of rotatable bonds is 4. The fourth-order valence-corrected chi connectivity index (χ4v) is 4.00. The van der Waals surface area contributed by atoms with Gasteiger partial charge in [-0.05, 0) is 59.7 Å². The summed E-state index contributed by atoms with van der Waals surface area (Å²) >= 11 is 3.53. The largest absolute Gasteiger partial charge is 0.495 e. The minimum atomic E-state index is -0.802. The predicted molar refractivity (Wildman–Crippen MR) is 88.0 cm³/mol. The van der Waals surface area contributed by atoms with Crippen molar-refractivity contribution in [3.63, 3.8) is 0 Å². The molecule has 0 aliphatic heterocycles. The second kappa shape index (κ2) is 7.01. The van der Waals surface area contributed by atoms with E-state index in [0.29, 0.717) is 5.75 Å². The van der Waals surface area contributed by atoms with E-state index in [2.05, 4.69) is 22.9 Å². The van der Waals surface area contributed by atoms with E-state index in [9.17, 15) is 5.11 Å². The van der Waals surface area contributed by atoms with E-state index in [0.717, 1.165) is 47.4 Å². The second-order valence-corrected chi connectivity index (χ2v) is 6.69. The Hall–Kier alpha value is -0.740. The van der Waals surface area contributed by atoms with Crippen LogP contribution in [0.1, 0.15) is 51.0 Å². The molecule has 0 heterocycles. The Bertz CT molecular complexity index is 489. The zero-order valence-electron chi connectivity index (χ0n) is 13.1. The van der Waals surface area contributed by atoms with Crippen LogP contribution in [0.2, 0.25) is 0 Å². The van der Waals surface area contributed by atoms with Crippen LogP contribution in [0.15, 0.2) is 16.6 Å². The maximum absolute atomic E-state index is 11.2. The van der Waals surface area contributed by atoms with E-state index in [1.54, 1.807) is 14.2 Å². The van der Waals surface area contributed by atoms with Crippen LogP contribution in [0.4, 0.5) is 0 Å². The summed E-state index contributed by atoms with van der Waals surface area (Å²) in [5.41, 5.74) is 0.0683. The van der Waals surface area contributed by atoms with Crippen LogP contribution in [0, 0.1) is 5.92 Å². The lowest BCUT2D eigenvalue weighted by atomic mass is 9.85. The van der Waals surface area contributed by atoms with Crippen molar-refractivity contribution in [1.29, 1.82) is 0 Å². The van der Waals surface area contributed by atoms with Gasteiger partial charge in [-0.2, -0.15) is 0 Å². The predicted octanol–water partition coefficient (Wildman–Crippen LogP) is 4.64. The number of methoxy groups -OCH3 is 2. The summed E-state index contributed by atoms with van der Waals surface area (Å²) < 4.78 is 11.6. The van der Waals surface area contributed by atoms with Gasteiger partial charge in [-0.25, -0.2) is 0 Å². The Balaban J connectivity index is 2.38. The first-order valence-corrected chi connectivity index (χ1v) is 8.48. The van der Waals surface area contributed by atoms with Crippen LogP contribution < -0.4 is 9.47 Å². The fourth-order valence-electron chi connectivity index (χ4n) is 3.33. The molecule has 0 radical (unpaired) electrons. The van der Waals surface area contributed by atoms with E-state index in [1.165, 1.54) is 12.8 Å². The molecule has 2 unspecified atom stereocenters. The SMILES string of the molecule is CCC1CCCC(O)(c2ccc(OC)c(Br)c2OC)CC1. The van der Waals surface area contributed by atoms with Gasteiger partial charge < -0.3 is 14.6 Å². The Morgan fingerprint density at radius 2 is 2.00 bits per heavy atom. The first-order valence-electron chi connectivity index (χ1n) is 7.69. The van der Waals surface area contributed by atoms with Gasteiger partial charge in [-0.3, -0.25) is 0 Å². The van der Waals surface area contributed by atoms with Gasteiger partial charge in [0.1, 0.15) is 16.0 Å². The highest BCUT2D eigenvalue weighted by molar-refractivity contribution is 9.10. The molecule has 1 aliphatic carbocycles. The zero-order chi connectivity index (χ0) is 15.5. The molecule has 4 heteroatoms. The summed E-state index contributed by atoms with van der Waals surface area (Å²) in [6.07, 6.45) is 6.11. The summed E-state index contributed by atoms with van der Waals surface area (Å²) in [4.78, 5) is 0. The number of aliphatic hydroxyl groups is 1. The molecule has 118 valence electrons. The van der Waals surface area contributed by atoms with Crippen LogP contribution in [0.3, 0.4) is 0 Å². The van der Waals surface area contributed by atoms with Crippen molar-refractivity contribution >= 4 is 15.9 Å². The number of benzene rings is 1. The van der Waals surface area contributed by atoms with Gasteiger partial charge in [0, 0.05) is 5.56 Å². The fraction of sp³-hybridized carbons (Fsp3) is 0.647. The van der Waals surface area contributed by atoms with E-state index in [-0.39, 0.29) is 0 Å². The standard InChI is InChI=1S/C17H25BrO3/c1-4-12-6-5-10-17(19,11-9-12)13-7-8-14(20-2)15(18)16(13)21-3/h7-8,12,19H,4-6,9-11H2,1-3H3. The van der Waals surface area contributed by atoms with Crippen molar-refractivity contribution in [2.24, 2.45) is 5.92 Å². The molecule has 3 nitrogen and oxygen atoms in total. The van der Waals surface area contributed by atoms with E-state index < -0.39 is 5.60 Å². The van der Waals surface area contributed by atoms with Crippen LogP contribution in [0.5, 0.6) is 11.5 Å². The van der Waals surface area contributed by atoms with E-state index >= 15 is 0 Å². The molecule has 0 aromatic heterocycles. The van der Waals surface area contributed by atoms with E-state index in [4.69, 9.17) is 9.47 Å². The van der Waals surface area contributed by atoms with Crippen LogP contribution in [0.25, 0.3) is 0 Å². The van der Waals surface area contributed by atoms with Crippen molar-refractivity contribution in [3.8, 4) is 11.5 Å². The topological polar surface area (TPSA) is 38.7 Å². The lowest BCUT2D eigenvalue weighted by Gasteiger charge is -2.29. The molecule has 0 spiro atoms. The van der Waals surface area contributed by atoms with Gasteiger partial charge in [-0.15, -0.1) is 0 Å². The Labute approximate surface area is 135 Å². The lowest BCUT2D eigenvalue weighted by molar-refractivity contribution is 0.0172. The molecule has 2 rings (SSSR count). The van der Waals surface area contributed by atoms with Gasteiger partial charge in [0.15, 0.2) is 0 Å². The molecule has 0 bridgehead atoms. The quantitative estimate of drug-likeness (QED) is 0.798.